The second-order valence-electron chi connectivity index (χ2n) is 4.96. The smallest absolute Gasteiger partial charge is 0.239 e. The number of carbonyl (C=O) groups excluding carboxylic acids is 1. The lowest BCUT2D eigenvalue weighted by Gasteiger charge is -2.25. The first-order valence-electron chi connectivity index (χ1n) is 7.05. The number of hydrogen-bond acceptors (Lipinski definition) is 4. The standard InChI is InChI=1S/C15H24FN3O2/c1-12(11-21-2)18-15(20)10-19(9-3-8-17)14-6-4-13(16)5-7-14/h4-7,12H,3,8-11,17H2,1-2H3,(H,18,20). The monoisotopic (exact) mass is 297 g/mol. The summed E-state index contributed by atoms with van der Waals surface area (Å²) in [5.74, 6) is -0.392. The Kier molecular flexibility index (Phi) is 7.71. The van der Waals surface area contributed by atoms with Crippen LogP contribution in [0.5, 0.6) is 0 Å². The number of carbonyl (C=O) groups is 1. The van der Waals surface area contributed by atoms with Gasteiger partial charge in [-0.15, -0.1) is 0 Å². The number of benzene rings is 1. The van der Waals surface area contributed by atoms with Crippen molar-refractivity contribution in [2.75, 3.05) is 38.3 Å². The van der Waals surface area contributed by atoms with Crippen molar-refractivity contribution >= 4 is 11.6 Å². The Morgan fingerprint density at radius 3 is 2.67 bits per heavy atom. The molecule has 0 radical (unpaired) electrons. The number of anilines is 1. The number of rotatable bonds is 9. The van der Waals surface area contributed by atoms with E-state index in [-0.39, 0.29) is 24.3 Å². The van der Waals surface area contributed by atoms with Gasteiger partial charge in [0.05, 0.1) is 13.2 Å². The molecule has 6 heteroatoms. The predicted octanol–water partition coefficient (Wildman–Crippen LogP) is 1.13. The van der Waals surface area contributed by atoms with Crippen LogP contribution in [0.2, 0.25) is 0 Å². The lowest BCUT2D eigenvalue weighted by molar-refractivity contribution is -0.120. The largest absolute Gasteiger partial charge is 0.383 e. The van der Waals surface area contributed by atoms with Crippen LogP contribution >= 0.6 is 0 Å². The van der Waals surface area contributed by atoms with Crippen LogP contribution in [0, 0.1) is 5.82 Å². The first-order valence-corrected chi connectivity index (χ1v) is 7.05. The van der Waals surface area contributed by atoms with Crippen molar-refractivity contribution in [3.8, 4) is 0 Å². The van der Waals surface area contributed by atoms with Crippen LogP contribution in [0.4, 0.5) is 10.1 Å². The molecule has 1 amide bonds. The molecule has 5 nitrogen and oxygen atoms in total. The SMILES string of the molecule is COCC(C)NC(=O)CN(CCCN)c1ccc(F)cc1. The van der Waals surface area contributed by atoms with E-state index in [4.69, 9.17) is 10.5 Å². The summed E-state index contributed by atoms with van der Waals surface area (Å²) in [5, 5.41) is 2.86. The van der Waals surface area contributed by atoms with Crippen LogP contribution in [-0.2, 0) is 9.53 Å². The molecule has 0 aliphatic carbocycles. The van der Waals surface area contributed by atoms with Crippen molar-refractivity contribution in [3.05, 3.63) is 30.1 Å². The molecule has 1 atom stereocenters. The number of amides is 1. The van der Waals surface area contributed by atoms with Crippen molar-refractivity contribution in [2.24, 2.45) is 5.73 Å². The zero-order valence-corrected chi connectivity index (χ0v) is 12.6. The fraction of sp³-hybridized carbons (Fsp3) is 0.533. The molecule has 0 saturated heterocycles. The van der Waals surface area contributed by atoms with Crippen LogP contribution in [0.3, 0.4) is 0 Å². The van der Waals surface area contributed by atoms with Crippen molar-refractivity contribution in [1.82, 2.24) is 5.32 Å². The van der Waals surface area contributed by atoms with Crippen LogP contribution in [-0.4, -0.2) is 45.3 Å². The highest BCUT2D eigenvalue weighted by atomic mass is 19.1. The number of halogens is 1. The van der Waals surface area contributed by atoms with Gasteiger partial charge in [0.15, 0.2) is 0 Å². The normalized spacial score (nSPS) is 12.0. The van der Waals surface area contributed by atoms with Crippen LogP contribution < -0.4 is 16.0 Å². The Bertz CT molecular complexity index is 425. The zero-order chi connectivity index (χ0) is 15.7. The van der Waals surface area contributed by atoms with Crippen LogP contribution in [0.1, 0.15) is 13.3 Å². The van der Waals surface area contributed by atoms with Gasteiger partial charge in [-0.25, -0.2) is 4.39 Å². The lowest BCUT2D eigenvalue weighted by atomic mass is 10.2. The molecule has 1 aromatic carbocycles. The average Bonchev–Trinajstić information content (AvgIpc) is 2.44. The maximum Gasteiger partial charge on any atom is 0.239 e. The fourth-order valence-electron chi connectivity index (χ4n) is 2.02. The molecule has 0 spiro atoms. The van der Waals surface area contributed by atoms with Gasteiger partial charge in [0, 0.05) is 25.4 Å². The molecule has 0 aromatic heterocycles. The quantitative estimate of drug-likeness (QED) is 0.717. The molecule has 21 heavy (non-hydrogen) atoms. The minimum atomic E-state index is -0.296. The highest BCUT2D eigenvalue weighted by Gasteiger charge is 2.13. The number of methoxy groups -OCH3 is 1. The molecule has 0 aliphatic rings. The van der Waals surface area contributed by atoms with Gasteiger partial charge in [-0.05, 0) is 44.2 Å². The highest BCUT2D eigenvalue weighted by molar-refractivity contribution is 5.81. The maximum atomic E-state index is 13.0. The number of ether oxygens (including phenoxy) is 1. The zero-order valence-electron chi connectivity index (χ0n) is 12.6. The summed E-state index contributed by atoms with van der Waals surface area (Å²) >= 11 is 0. The fourth-order valence-corrected chi connectivity index (χ4v) is 2.02. The molecule has 0 fully saturated rings. The third-order valence-electron chi connectivity index (χ3n) is 2.98. The second kappa shape index (κ2) is 9.31. The molecule has 118 valence electrons. The first-order chi connectivity index (χ1) is 10.1. The Hall–Kier alpha value is -1.66. The van der Waals surface area contributed by atoms with Gasteiger partial charge >= 0.3 is 0 Å². The number of nitrogens with two attached hydrogens (primary N) is 1. The Morgan fingerprint density at radius 2 is 2.10 bits per heavy atom. The summed E-state index contributed by atoms with van der Waals surface area (Å²) in [4.78, 5) is 13.9. The van der Waals surface area contributed by atoms with E-state index in [9.17, 15) is 9.18 Å². The molecule has 1 rings (SSSR count). The van der Waals surface area contributed by atoms with E-state index in [1.807, 2.05) is 11.8 Å². The minimum Gasteiger partial charge on any atom is -0.383 e. The van der Waals surface area contributed by atoms with Gasteiger partial charge in [-0.3, -0.25) is 4.79 Å². The number of nitrogens with one attached hydrogen (secondary N) is 1. The molecular formula is C15H24FN3O2. The third-order valence-corrected chi connectivity index (χ3v) is 2.98. The van der Waals surface area contributed by atoms with Gasteiger partial charge in [0.1, 0.15) is 5.82 Å². The second-order valence-corrected chi connectivity index (χ2v) is 4.96. The molecule has 0 heterocycles. The van der Waals surface area contributed by atoms with Crippen molar-refractivity contribution in [3.63, 3.8) is 0 Å². The van der Waals surface area contributed by atoms with E-state index >= 15 is 0 Å². The Morgan fingerprint density at radius 1 is 1.43 bits per heavy atom. The van der Waals surface area contributed by atoms with E-state index in [1.165, 1.54) is 12.1 Å². The molecule has 1 aromatic rings. The summed E-state index contributed by atoms with van der Waals surface area (Å²) < 4.78 is 18.0. The van der Waals surface area contributed by atoms with E-state index in [1.54, 1.807) is 19.2 Å². The molecule has 0 bridgehead atoms. The summed E-state index contributed by atoms with van der Waals surface area (Å²) in [5.41, 5.74) is 6.33. The predicted molar refractivity (Wildman–Crippen MR) is 81.8 cm³/mol. The molecule has 0 aliphatic heterocycles. The van der Waals surface area contributed by atoms with E-state index < -0.39 is 0 Å². The number of nitrogens with zero attached hydrogens (tertiary/aromatic N) is 1. The Balaban J connectivity index is 2.65. The maximum absolute atomic E-state index is 13.0. The molecule has 1 unspecified atom stereocenters. The van der Waals surface area contributed by atoms with Crippen LogP contribution in [0.25, 0.3) is 0 Å². The summed E-state index contributed by atoms with van der Waals surface area (Å²) in [6.07, 6.45) is 0.762. The van der Waals surface area contributed by atoms with Gasteiger partial charge in [0.2, 0.25) is 5.91 Å². The van der Waals surface area contributed by atoms with E-state index in [2.05, 4.69) is 5.32 Å². The Labute approximate surface area is 125 Å². The van der Waals surface area contributed by atoms with Crippen molar-refractivity contribution in [1.29, 1.82) is 0 Å². The van der Waals surface area contributed by atoms with Gasteiger partial charge in [0.25, 0.3) is 0 Å². The third kappa shape index (κ3) is 6.55. The van der Waals surface area contributed by atoms with Crippen molar-refractivity contribution in [2.45, 2.75) is 19.4 Å². The molecule has 3 N–H and O–H groups in total. The molecular weight excluding hydrogens is 273 g/mol. The first kappa shape index (κ1) is 17.4. The van der Waals surface area contributed by atoms with E-state index in [0.717, 1.165) is 12.1 Å². The lowest BCUT2D eigenvalue weighted by Crippen LogP contribution is -2.43. The van der Waals surface area contributed by atoms with Crippen molar-refractivity contribution < 1.29 is 13.9 Å². The topological polar surface area (TPSA) is 67.6 Å². The number of hydrogen-bond donors (Lipinski definition) is 2. The average molecular weight is 297 g/mol. The minimum absolute atomic E-state index is 0.0490. The van der Waals surface area contributed by atoms with Gasteiger partial charge < -0.3 is 20.7 Å². The van der Waals surface area contributed by atoms with Crippen LogP contribution in [0.15, 0.2) is 24.3 Å². The van der Waals surface area contributed by atoms with Gasteiger partial charge in [-0.1, -0.05) is 0 Å². The van der Waals surface area contributed by atoms with E-state index in [0.29, 0.717) is 19.7 Å². The summed E-state index contributed by atoms with van der Waals surface area (Å²) in [6.45, 7) is 3.74. The van der Waals surface area contributed by atoms with Gasteiger partial charge in [-0.2, -0.15) is 0 Å². The molecule has 0 saturated carbocycles. The summed E-state index contributed by atoms with van der Waals surface area (Å²) in [6, 6.07) is 6.05. The summed E-state index contributed by atoms with van der Waals surface area (Å²) in [7, 11) is 1.59. The highest BCUT2D eigenvalue weighted by Crippen LogP contribution is 2.14.